The van der Waals surface area contributed by atoms with Crippen molar-refractivity contribution in [2.75, 3.05) is 12.4 Å². The first-order valence-electron chi connectivity index (χ1n) is 7.21. The molecule has 2 aromatic carbocycles. The van der Waals surface area contributed by atoms with Gasteiger partial charge in [-0.3, -0.25) is 4.79 Å². The van der Waals surface area contributed by atoms with Crippen LogP contribution in [0.3, 0.4) is 0 Å². The molecule has 3 rings (SSSR count). The summed E-state index contributed by atoms with van der Waals surface area (Å²) in [6, 6.07) is 18.2. The molecule has 1 aromatic heterocycles. The van der Waals surface area contributed by atoms with E-state index >= 15 is 0 Å². The van der Waals surface area contributed by atoms with Crippen LogP contribution in [-0.4, -0.2) is 23.2 Å². The maximum absolute atomic E-state index is 12.3. The van der Waals surface area contributed by atoms with Crippen molar-refractivity contribution in [1.82, 2.24) is 10.2 Å². The van der Waals surface area contributed by atoms with Crippen molar-refractivity contribution in [2.24, 2.45) is 0 Å². The highest BCUT2D eigenvalue weighted by molar-refractivity contribution is 9.10. The van der Waals surface area contributed by atoms with Gasteiger partial charge in [0.2, 0.25) is 5.88 Å². The monoisotopic (exact) mass is 383 g/mol. The number of hydrogen-bond acceptors (Lipinski definition) is 4. The lowest BCUT2D eigenvalue weighted by Crippen LogP contribution is -2.11. The molecular formula is C18H14BrN3O2. The normalized spacial score (nSPS) is 10.2. The average Bonchev–Trinajstić information content (AvgIpc) is 2.62. The maximum atomic E-state index is 12.3. The van der Waals surface area contributed by atoms with Gasteiger partial charge >= 0.3 is 0 Å². The number of carbonyl (C=O) groups is 1. The van der Waals surface area contributed by atoms with Gasteiger partial charge in [-0.25, -0.2) is 0 Å². The van der Waals surface area contributed by atoms with E-state index in [0.29, 0.717) is 22.8 Å². The van der Waals surface area contributed by atoms with Gasteiger partial charge in [0.1, 0.15) is 0 Å². The molecule has 0 aliphatic rings. The van der Waals surface area contributed by atoms with Crippen LogP contribution < -0.4 is 10.1 Å². The van der Waals surface area contributed by atoms with Crippen LogP contribution in [0.25, 0.3) is 11.3 Å². The third-order valence-electron chi connectivity index (χ3n) is 3.35. The number of methoxy groups -OCH3 is 1. The summed E-state index contributed by atoms with van der Waals surface area (Å²) in [6.07, 6.45) is 0. The standard InChI is InChI=1S/C18H14BrN3O2/c1-24-17-9-8-16(21-22-17)12-4-3-7-15(11-12)20-18(23)13-5-2-6-14(19)10-13/h2-11H,1H3,(H,20,23). The number of nitrogens with one attached hydrogen (secondary N) is 1. The highest BCUT2D eigenvalue weighted by atomic mass is 79.9. The van der Waals surface area contributed by atoms with E-state index in [1.54, 1.807) is 25.3 Å². The molecule has 0 saturated carbocycles. The summed E-state index contributed by atoms with van der Waals surface area (Å²) in [5.41, 5.74) is 2.83. The van der Waals surface area contributed by atoms with E-state index < -0.39 is 0 Å². The number of hydrogen-bond donors (Lipinski definition) is 1. The Labute approximate surface area is 147 Å². The van der Waals surface area contributed by atoms with Crippen molar-refractivity contribution in [1.29, 1.82) is 0 Å². The smallest absolute Gasteiger partial charge is 0.255 e. The summed E-state index contributed by atoms with van der Waals surface area (Å²) in [5.74, 6) is 0.284. The van der Waals surface area contributed by atoms with Crippen LogP contribution in [0.5, 0.6) is 5.88 Å². The zero-order chi connectivity index (χ0) is 16.9. The van der Waals surface area contributed by atoms with E-state index in [1.807, 2.05) is 42.5 Å². The second kappa shape index (κ2) is 7.23. The minimum Gasteiger partial charge on any atom is -0.480 e. The Morgan fingerprint density at radius 3 is 2.58 bits per heavy atom. The van der Waals surface area contributed by atoms with E-state index in [1.165, 1.54) is 0 Å². The van der Waals surface area contributed by atoms with E-state index in [-0.39, 0.29) is 5.91 Å². The SMILES string of the molecule is COc1ccc(-c2cccc(NC(=O)c3cccc(Br)c3)c2)nn1. The number of nitrogens with zero attached hydrogens (tertiary/aromatic N) is 2. The van der Waals surface area contributed by atoms with Crippen molar-refractivity contribution in [3.63, 3.8) is 0 Å². The molecule has 0 aliphatic heterocycles. The number of benzene rings is 2. The fourth-order valence-corrected chi connectivity index (χ4v) is 2.57. The van der Waals surface area contributed by atoms with Crippen molar-refractivity contribution in [3.8, 4) is 17.1 Å². The Bertz CT molecular complexity index is 866. The van der Waals surface area contributed by atoms with Crippen LogP contribution in [0.4, 0.5) is 5.69 Å². The molecule has 0 radical (unpaired) electrons. The molecule has 5 nitrogen and oxygen atoms in total. The third kappa shape index (κ3) is 3.78. The Morgan fingerprint density at radius 1 is 1.04 bits per heavy atom. The zero-order valence-electron chi connectivity index (χ0n) is 12.9. The molecule has 0 spiro atoms. The summed E-state index contributed by atoms with van der Waals surface area (Å²) in [4.78, 5) is 12.3. The van der Waals surface area contributed by atoms with E-state index in [2.05, 4.69) is 31.4 Å². The molecule has 0 aliphatic carbocycles. The van der Waals surface area contributed by atoms with Gasteiger partial charge < -0.3 is 10.1 Å². The number of rotatable bonds is 4. The maximum Gasteiger partial charge on any atom is 0.255 e. The molecule has 0 saturated heterocycles. The lowest BCUT2D eigenvalue weighted by molar-refractivity contribution is 0.102. The van der Waals surface area contributed by atoms with E-state index in [0.717, 1.165) is 10.0 Å². The quantitative estimate of drug-likeness (QED) is 0.734. The molecule has 120 valence electrons. The van der Waals surface area contributed by atoms with Crippen LogP contribution in [0.2, 0.25) is 0 Å². The van der Waals surface area contributed by atoms with E-state index in [9.17, 15) is 4.79 Å². The second-order valence-corrected chi connectivity index (χ2v) is 5.92. The summed E-state index contributed by atoms with van der Waals surface area (Å²) in [7, 11) is 1.54. The highest BCUT2D eigenvalue weighted by Crippen LogP contribution is 2.22. The zero-order valence-corrected chi connectivity index (χ0v) is 14.4. The van der Waals surface area contributed by atoms with Gasteiger partial charge in [0, 0.05) is 27.4 Å². The summed E-state index contributed by atoms with van der Waals surface area (Å²) in [6.45, 7) is 0. The van der Waals surface area contributed by atoms with Crippen LogP contribution >= 0.6 is 15.9 Å². The number of amides is 1. The third-order valence-corrected chi connectivity index (χ3v) is 3.85. The van der Waals surface area contributed by atoms with Crippen molar-refractivity contribution >= 4 is 27.5 Å². The predicted molar refractivity (Wildman–Crippen MR) is 96.1 cm³/mol. The van der Waals surface area contributed by atoms with Crippen LogP contribution in [0.15, 0.2) is 65.1 Å². The van der Waals surface area contributed by atoms with Gasteiger partial charge in [0.05, 0.1) is 12.8 Å². The molecule has 1 heterocycles. The largest absolute Gasteiger partial charge is 0.480 e. The molecule has 0 unspecified atom stereocenters. The molecule has 3 aromatic rings. The summed E-state index contributed by atoms with van der Waals surface area (Å²) < 4.78 is 5.86. The van der Waals surface area contributed by atoms with Gasteiger partial charge in [-0.1, -0.05) is 34.1 Å². The first-order valence-corrected chi connectivity index (χ1v) is 8.00. The number of aromatic nitrogens is 2. The Balaban J connectivity index is 1.81. The van der Waals surface area contributed by atoms with Gasteiger partial charge in [0.15, 0.2) is 0 Å². The average molecular weight is 384 g/mol. The molecule has 0 bridgehead atoms. The topological polar surface area (TPSA) is 64.1 Å². The number of halogens is 1. The van der Waals surface area contributed by atoms with Crippen molar-refractivity contribution in [2.45, 2.75) is 0 Å². The van der Waals surface area contributed by atoms with Crippen LogP contribution in [0, 0.1) is 0 Å². The van der Waals surface area contributed by atoms with Crippen LogP contribution in [-0.2, 0) is 0 Å². The predicted octanol–water partition coefficient (Wildman–Crippen LogP) is 4.17. The fourth-order valence-electron chi connectivity index (χ4n) is 2.17. The van der Waals surface area contributed by atoms with Gasteiger partial charge in [-0.2, -0.15) is 0 Å². The summed E-state index contributed by atoms with van der Waals surface area (Å²) in [5, 5.41) is 11.0. The van der Waals surface area contributed by atoms with Crippen molar-refractivity contribution in [3.05, 3.63) is 70.7 Å². The van der Waals surface area contributed by atoms with E-state index in [4.69, 9.17) is 4.74 Å². The minimum absolute atomic E-state index is 0.172. The Kier molecular flexibility index (Phi) is 4.86. The second-order valence-electron chi connectivity index (χ2n) is 5.01. The summed E-state index contributed by atoms with van der Waals surface area (Å²) >= 11 is 3.36. The fraction of sp³-hybridized carbons (Fsp3) is 0.0556. The van der Waals surface area contributed by atoms with Gasteiger partial charge in [-0.05, 0) is 36.4 Å². The van der Waals surface area contributed by atoms with Crippen LogP contribution in [0.1, 0.15) is 10.4 Å². The minimum atomic E-state index is -0.172. The molecule has 1 N–H and O–H groups in total. The number of ether oxygens (including phenoxy) is 1. The molecule has 6 heteroatoms. The first kappa shape index (κ1) is 16.1. The molecule has 0 fully saturated rings. The first-order chi connectivity index (χ1) is 11.7. The Hall–Kier alpha value is -2.73. The molecule has 1 amide bonds. The molecular weight excluding hydrogens is 370 g/mol. The van der Waals surface area contributed by atoms with Gasteiger partial charge in [0.25, 0.3) is 5.91 Å². The number of carbonyl (C=O) groups excluding carboxylic acids is 1. The number of anilines is 1. The Morgan fingerprint density at radius 2 is 1.88 bits per heavy atom. The lowest BCUT2D eigenvalue weighted by Gasteiger charge is -2.08. The lowest BCUT2D eigenvalue weighted by atomic mass is 10.1. The highest BCUT2D eigenvalue weighted by Gasteiger charge is 2.08. The molecule has 24 heavy (non-hydrogen) atoms. The molecule has 0 atom stereocenters. The van der Waals surface area contributed by atoms with Crippen molar-refractivity contribution < 1.29 is 9.53 Å². The van der Waals surface area contributed by atoms with Gasteiger partial charge in [-0.15, -0.1) is 10.2 Å².